The van der Waals surface area contributed by atoms with Crippen LogP contribution in [0.3, 0.4) is 0 Å². The van der Waals surface area contributed by atoms with E-state index in [0.29, 0.717) is 35.3 Å². The summed E-state index contributed by atoms with van der Waals surface area (Å²) in [6.07, 6.45) is 2.32. The molecule has 0 radical (unpaired) electrons. The van der Waals surface area contributed by atoms with E-state index in [4.69, 9.17) is 27.7 Å². The van der Waals surface area contributed by atoms with Crippen LogP contribution < -0.4 is 0 Å². The molecule has 2 amide bonds. The van der Waals surface area contributed by atoms with E-state index >= 15 is 0 Å². The van der Waals surface area contributed by atoms with Gasteiger partial charge < -0.3 is 14.3 Å². The Hall–Kier alpha value is -3.50. The zero-order valence-electron chi connectivity index (χ0n) is 20.3. The molecule has 1 fully saturated rings. The lowest BCUT2D eigenvalue weighted by Gasteiger charge is -2.36. The van der Waals surface area contributed by atoms with Gasteiger partial charge in [-0.3, -0.25) is 19.7 Å². The molecule has 2 aromatic carbocycles. The third kappa shape index (κ3) is 5.91. The van der Waals surface area contributed by atoms with E-state index in [-0.39, 0.29) is 34.8 Å². The Morgan fingerprint density at radius 1 is 1.22 bits per heavy atom. The molecular weight excluding hydrogens is 521 g/mol. The summed E-state index contributed by atoms with van der Waals surface area (Å²) >= 11 is 12.0. The molecule has 12 heteroatoms. The number of nitrogens with zero attached hydrogens (tertiary/aromatic N) is 5. The highest BCUT2D eigenvalue weighted by atomic mass is 35.5. The van der Waals surface area contributed by atoms with Crippen molar-refractivity contribution in [2.75, 3.05) is 13.1 Å². The standard InChI is InChI=1S/C25H25Cl2N5O5/c1-15(2)31(25(34)17-9-10-19(27)21(13-17)32(35)36)14-22(33)30-11-4-3-8-20(30)24-28-23(29-37-24)16-6-5-7-18(26)12-16/h5-7,9-10,12-13,15,20H,3-4,8,11,14H2,1-2H3. The summed E-state index contributed by atoms with van der Waals surface area (Å²) in [7, 11) is 0. The lowest BCUT2D eigenvalue weighted by atomic mass is 10.0. The maximum absolute atomic E-state index is 13.5. The van der Waals surface area contributed by atoms with E-state index in [2.05, 4.69) is 10.1 Å². The number of likely N-dealkylation sites (tertiary alicyclic amines) is 1. The van der Waals surface area contributed by atoms with Gasteiger partial charge in [-0.25, -0.2) is 0 Å². The summed E-state index contributed by atoms with van der Waals surface area (Å²) < 4.78 is 5.54. The summed E-state index contributed by atoms with van der Waals surface area (Å²) in [4.78, 5) is 44.9. The first-order valence-electron chi connectivity index (χ1n) is 11.8. The molecule has 10 nitrogen and oxygen atoms in total. The van der Waals surface area contributed by atoms with Gasteiger partial charge in [0.2, 0.25) is 17.6 Å². The van der Waals surface area contributed by atoms with Crippen LogP contribution in [0.5, 0.6) is 0 Å². The Balaban J connectivity index is 1.55. The van der Waals surface area contributed by atoms with Crippen molar-refractivity contribution < 1.29 is 19.0 Å². The number of carbonyl (C=O) groups excluding carboxylic acids is 2. The molecule has 1 aromatic heterocycles. The molecule has 0 aliphatic carbocycles. The molecule has 0 bridgehead atoms. The second-order valence-corrected chi connectivity index (χ2v) is 9.86. The molecule has 1 saturated heterocycles. The van der Waals surface area contributed by atoms with Crippen LogP contribution >= 0.6 is 23.2 Å². The second-order valence-electron chi connectivity index (χ2n) is 9.02. The van der Waals surface area contributed by atoms with Crippen LogP contribution in [0.4, 0.5) is 5.69 Å². The molecule has 1 atom stereocenters. The largest absolute Gasteiger partial charge is 0.337 e. The fourth-order valence-electron chi connectivity index (χ4n) is 4.28. The summed E-state index contributed by atoms with van der Waals surface area (Å²) in [6, 6.07) is 10.2. The van der Waals surface area contributed by atoms with E-state index in [9.17, 15) is 19.7 Å². The molecule has 1 aliphatic rings. The minimum atomic E-state index is -0.648. The molecule has 1 unspecified atom stereocenters. The first-order chi connectivity index (χ1) is 17.7. The minimum Gasteiger partial charge on any atom is -0.337 e. The third-order valence-corrected chi connectivity index (χ3v) is 6.77. The van der Waals surface area contributed by atoms with Gasteiger partial charge >= 0.3 is 0 Å². The Kier molecular flexibility index (Phi) is 8.09. The van der Waals surface area contributed by atoms with Crippen LogP contribution in [0.1, 0.15) is 55.4 Å². The number of hydrogen-bond donors (Lipinski definition) is 0. The lowest BCUT2D eigenvalue weighted by Crippen LogP contribution is -2.48. The Bertz CT molecular complexity index is 1330. The topological polar surface area (TPSA) is 123 Å². The van der Waals surface area contributed by atoms with Crippen LogP contribution in [0.25, 0.3) is 11.4 Å². The predicted octanol–water partition coefficient (Wildman–Crippen LogP) is 5.56. The average molecular weight is 546 g/mol. The van der Waals surface area contributed by atoms with Gasteiger partial charge in [0.05, 0.1) is 4.92 Å². The molecule has 0 saturated carbocycles. The molecule has 0 spiro atoms. The Morgan fingerprint density at radius 3 is 2.70 bits per heavy atom. The number of amides is 2. The summed E-state index contributed by atoms with van der Waals surface area (Å²) in [5.41, 5.74) is 0.409. The zero-order chi connectivity index (χ0) is 26.7. The number of hydrogen-bond acceptors (Lipinski definition) is 7. The van der Waals surface area contributed by atoms with Gasteiger partial charge in [0.1, 0.15) is 17.6 Å². The number of halogens is 2. The fraction of sp³-hybridized carbons (Fsp3) is 0.360. The van der Waals surface area contributed by atoms with Gasteiger partial charge in [0.15, 0.2) is 0 Å². The first kappa shape index (κ1) is 26.6. The highest BCUT2D eigenvalue weighted by molar-refractivity contribution is 6.32. The van der Waals surface area contributed by atoms with Crippen molar-refractivity contribution in [3.63, 3.8) is 0 Å². The van der Waals surface area contributed by atoms with Crippen molar-refractivity contribution in [2.45, 2.75) is 45.2 Å². The average Bonchev–Trinajstić information content (AvgIpc) is 3.37. The highest BCUT2D eigenvalue weighted by Crippen LogP contribution is 2.32. The number of nitro benzene ring substituents is 1. The maximum Gasteiger partial charge on any atom is 0.288 e. The molecular formula is C25H25Cl2N5O5. The van der Waals surface area contributed by atoms with Crippen molar-refractivity contribution in [2.24, 2.45) is 0 Å². The van der Waals surface area contributed by atoms with Gasteiger partial charge in [-0.1, -0.05) is 40.5 Å². The lowest BCUT2D eigenvalue weighted by molar-refractivity contribution is -0.384. The van der Waals surface area contributed by atoms with E-state index < -0.39 is 16.9 Å². The molecule has 0 N–H and O–H groups in total. The van der Waals surface area contributed by atoms with E-state index in [1.54, 1.807) is 36.9 Å². The van der Waals surface area contributed by atoms with E-state index in [0.717, 1.165) is 18.9 Å². The number of nitro groups is 1. The number of benzene rings is 2. The Labute approximate surface area is 223 Å². The SMILES string of the molecule is CC(C)N(CC(=O)N1CCCCC1c1nc(-c2cccc(Cl)c2)no1)C(=O)c1ccc(Cl)c([N+](=O)[O-])c1. The van der Waals surface area contributed by atoms with Crippen molar-refractivity contribution in [1.29, 1.82) is 0 Å². The summed E-state index contributed by atoms with van der Waals surface area (Å²) in [5, 5.41) is 15.8. The zero-order valence-corrected chi connectivity index (χ0v) is 21.8. The number of carbonyl (C=O) groups is 2. The quantitative estimate of drug-likeness (QED) is 0.281. The van der Waals surface area contributed by atoms with Gasteiger partial charge in [0.25, 0.3) is 11.6 Å². The molecule has 1 aliphatic heterocycles. The number of piperidine rings is 1. The molecule has 4 rings (SSSR count). The molecule has 194 valence electrons. The minimum absolute atomic E-state index is 0.0680. The van der Waals surface area contributed by atoms with Crippen LogP contribution in [0, 0.1) is 10.1 Å². The van der Waals surface area contributed by atoms with Crippen LogP contribution in [-0.2, 0) is 4.79 Å². The van der Waals surface area contributed by atoms with Gasteiger partial charge in [0, 0.05) is 34.8 Å². The van der Waals surface area contributed by atoms with Crippen LogP contribution in [0.2, 0.25) is 10.0 Å². The Morgan fingerprint density at radius 2 is 2.00 bits per heavy atom. The van der Waals surface area contributed by atoms with Gasteiger partial charge in [-0.2, -0.15) is 4.98 Å². The number of rotatable bonds is 7. The van der Waals surface area contributed by atoms with Crippen molar-refractivity contribution in [3.8, 4) is 11.4 Å². The first-order valence-corrected chi connectivity index (χ1v) is 12.5. The summed E-state index contributed by atoms with van der Waals surface area (Å²) in [6.45, 7) is 3.82. The maximum atomic E-state index is 13.5. The molecule has 2 heterocycles. The van der Waals surface area contributed by atoms with Crippen LogP contribution in [-0.4, -0.2) is 55.8 Å². The van der Waals surface area contributed by atoms with Crippen molar-refractivity contribution >= 4 is 40.7 Å². The normalized spacial score (nSPS) is 15.6. The third-order valence-electron chi connectivity index (χ3n) is 6.21. The summed E-state index contributed by atoms with van der Waals surface area (Å²) in [5.74, 6) is -0.0898. The van der Waals surface area contributed by atoms with Crippen molar-refractivity contribution in [3.05, 3.63) is 74.1 Å². The van der Waals surface area contributed by atoms with Crippen LogP contribution in [0.15, 0.2) is 47.0 Å². The second kappa shape index (κ2) is 11.3. The van der Waals surface area contributed by atoms with Crippen molar-refractivity contribution in [1.82, 2.24) is 19.9 Å². The van der Waals surface area contributed by atoms with Gasteiger partial charge in [-0.05, 0) is 57.4 Å². The highest BCUT2D eigenvalue weighted by Gasteiger charge is 2.34. The van der Waals surface area contributed by atoms with E-state index in [1.165, 1.54) is 17.0 Å². The molecule has 3 aromatic rings. The van der Waals surface area contributed by atoms with Gasteiger partial charge in [-0.15, -0.1) is 0 Å². The smallest absolute Gasteiger partial charge is 0.288 e. The predicted molar refractivity (Wildman–Crippen MR) is 137 cm³/mol. The molecule has 37 heavy (non-hydrogen) atoms. The van der Waals surface area contributed by atoms with E-state index in [1.807, 2.05) is 6.07 Å². The monoisotopic (exact) mass is 545 g/mol. The number of aromatic nitrogens is 2. The fourth-order valence-corrected chi connectivity index (χ4v) is 4.66.